The van der Waals surface area contributed by atoms with E-state index in [2.05, 4.69) is 26.6 Å². The summed E-state index contributed by atoms with van der Waals surface area (Å²) in [6.07, 6.45) is -1.00. The second-order valence-corrected chi connectivity index (χ2v) is 5.68. The number of carbonyl (C=O) groups is 3. The molecule has 2 amide bonds. The summed E-state index contributed by atoms with van der Waals surface area (Å²) >= 11 is 3.08. The Hall–Kier alpha value is -2.61. The molecule has 8 heteroatoms. The lowest BCUT2D eigenvalue weighted by molar-refractivity contribution is -0.123. The number of benzene rings is 1. The quantitative estimate of drug-likeness (QED) is 0.758. The van der Waals surface area contributed by atoms with Gasteiger partial charge in [0.25, 0.3) is 5.91 Å². The Morgan fingerprint density at radius 2 is 1.62 bits per heavy atom. The van der Waals surface area contributed by atoms with Crippen LogP contribution in [0.5, 0.6) is 0 Å². The van der Waals surface area contributed by atoms with Gasteiger partial charge in [0.15, 0.2) is 10.8 Å². The number of amides is 2. The van der Waals surface area contributed by atoms with E-state index in [9.17, 15) is 14.4 Å². The van der Waals surface area contributed by atoms with Crippen LogP contribution in [0.3, 0.4) is 0 Å². The first kappa shape index (κ1) is 17.7. The van der Waals surface area contributed by atoms with E-state index in [1.165, 1.54) is 19.9 Å². The smallest absolute Gasteiger partial charge is 0.375 e. The van der Waals surface area contributed by atoms with Crippen molar-refractivity contribution in [2.24, 2.45) is 0 Å². The minimum atomic E-state index is -1.00. The minimum absolute atomic E-state index is 0.00110. The fourth-order valence-electron chi connectivity index (χ4n) is 1.78. The molecule has 2 aromatic rings. The molecular weight excluding hydrogens is 380 g/mol. The van der Waals surface area contributed by atoms with Gasteiger partial charge in [-0.25, -0.2) is 4.79 Å². The molecule has 0 saturated carbocycles. The molecule has 0 spiro atoms. The fourth-order valence-corrected chi connectivity index (χ4v) is 2.09. The molecular formula is C16H15BrN2O5. The summed E-state index contributed by atoms with van der Waals surface area (Å²) in [5.74, 6) is -1.40. The summed E-state index contributed by atoms with van der Waals surface area (Å²) in [5, 5.41) is 5.23. The lowest BCUT2D eigenvalue weighted by Crippen LogP contribution is -2.29. The van der Waals surface area contributed by atoms with Gasteiger partial charge in [0, 0.05) is 18.3 Å². The molecule has 1 atom stereocenters. The average Bonchev–Trinajstić information content (AvgIpc) is 2.95. The molecule has 1 aromatic heterocycles. The van der Waals surface area contributed by atoms with Crippen LogP contribution in [0.15, 0.2) is 45.5 Å². The molecule has 0 aliphatic rings. The Labute approximate surface area is 146 Å². The summed E-state index contributed by atoms with van der Waals surface area (Å²) in [6, 6.07) is 9.54. The number of anilines is 2. The molecule has 0 saturated heterocycles. The van der Waals surface area contributed by atoms with Crippen molar-refractivity contribution in [2.75, 3.05) is 10.6 Å². The maximum atomic E-state index is 12.0. The molecule has 0 bridgehead atoms. The van der Waals surface area contributed by atoms with Crippen molar-refractivity contribution in [2.45, 2.75) is 20.0 Å². The van der Waals surface area contributed by atoms with Gasteiger partial charge < -0.3 is 19.8 Å². The summed E-state index contributed by atoms with van der Waals surface area (Å²) < 4.78 is 10.5. The van der Waals surface area contributed by atoms with Crippen LogP contribution in [0, 0.1) is 0 Å². The molecule has 7 nitrogen and oxygen atoms in total. The van der Waals surface area contributed by atoms with Gasteiger partial charge in [0.05, 0.1) is 0 Å². The molecule has 0 fully saturated rings. The monoisotopic (exact) mass is 394 g/mol. The molecule has 2 N–H and O–H groups in total. The van der Waals surface area contributed by atoms with Gasteiger partial charge in [-0.1, -0.05) is 0 Å². The highest BCUT2D eigenvalue weighted by atomic mass is 79.9. The lowest BCUT2D eigenvalue weighted by Gasteiger charge is -2.13. The van der Waals surface area contributed by atoms with Crippen molar-refractivity contribution in [1.82, 2.24) is 0 Å². The van der Waals surface area contributed by atoms with Crippen molar-refractivity contribution in [3.8, 4) is 0 Å². The van der Waals surface area contributed by atoms with E-state index in [1.807, 2.05) is 0 Å². The van der Waals surface area contributed by atoms with Crippen LogP contribution in [0.1, 0.15) is 24.4 Å². The molecule has 1 heterocycles. The van der Waals surface area contributed by atoms with Crippen LogP contribution in [-0.2, 0) is 14.3 Å². The van der Waals surface area contributed by atoms with Crippen LogP contribution in [0.4, 0.5) is 11.4 Å². The summed E-state index contributed by atoms with van der Waals surface area (Å²) in [4.78, 5) is 34.8. The third-order valence-corrected chi connectivity index (χ3v) is 3.33. The third kappa shape index (κ3) is 4.95. The fraction of sp³-hybridized carbons (Fsp3) is 0.188. The third-order valence-electron chi connectivity index (χ3n) is 2.90. The average molecular weight is 395 g/mol. The maximum absolute atomic E-state index is 12.0. The first-order valence-corrected chi connectivity index (χ1v) is 7.79. The van der Waals surface area contributed by atoms with E-state index in [1.54, 1.807) is 30.3 Å². The van der Waals surface area contributed by atoms with Crippen molar-refractivity contribution >= 4 is 45.1 Å². The van der Waals surface area contributed by atoms with Gasteiger partial charge in [-0.3, -0.25) is 9.59 Å². The Balaban J connectivity index is 1.91. The van der Waals surface area contributed by atoms with Gasteiger partial charge in [-0.05, 0) is 59.3 Å². The standard InChI is InChI=1S/C16H15BrN2O5/c1-9(23-16(22)13-7-8-14(17)24-13)15(21)19-12-5-3-11(4-6-12)18-10(2)20/h3-9H,1-2H3,(H,18,20)(H,19,21)/t9-/m0/s1. The van der Waals surface area contributed by atoms with Crippen LogP contribution >= 0.6 is 15.9 Å². The first-order chi connectivity index (χ1) is 11.3. The molecule has 2 rings (SSSR count). The van der Waals surface area contributed by atoms with E-state index < -0.39 is 18.0 Å². The van der Waals surface area contributed by atoms with Crippen LogP contribution in [0.25, 0.3) is 0 Å². The van der Waals surface area contributed by atoms with Crippen LogP contribution in [-0.4, -0.2) is 23.9 Å². The number of rotatable bonds is 5. The van der Waals surface area contributed by atoms with Crippen molar-refractivity contribution in [3.05, 3.63) is 46.8 Å². The Kier molecular flexibility index (Phi) is 5.75. The number of halogens is 1. The minimum Gasteiger partial charge on any atom is -0.447 e. The number of hydrogen-bond acceptors (Lipinski definition) is 5. The van der Waals surface area contributed by atoms with Crippen LogP contribution < -0.4 is 10.6 Å². The maximum Gasteiger partial charge on any atom is 0.375 e. The van der Waals surface area contributed by atoms with E-state index in [4.69, 9.17) is 9.15 Å². The highest BCUT2D eigenvalue weighted by Crippen LogP contribution is 2.16. The van der Waals surface area contributed by atoms with Crippen molar-refractivity contribution in [3.63, 3.8) is 0 Å². The molecule has 24 heavy (non-hydrogen) atoms. The van der Waals surface area contributed by atoms with Crippen molar-refractivity contribution < 1.29 is 23.5 Å². The number of carbonyl (C=O) groups excluding carboxylic acids is 3. The number of nitrogens with one attached hydrogen (secondary N) is 2. The molecule has 0 radical (unpaired) electrons. The molecule has 0 aliphatic heterocycles. The van der Waals surface area contributed by atoms with Gasteiger partial charge in [0.2, 0.25) is 11.7 Å². The number of esters is 1. The molecule has 0 unspecified atom stereocenters. The predicted octanol–water partition coefficient (Wildman–Crippen LogP) is 3.18. The topological polar surface area (TPSA) is 97.6 Å². The van der Waals surface area contributed by atoms with E-state index in [-0.39, 0.29) is 11.7 Å². The number of hydrogen-bond donors (Lipinski definition) is 2. The van der Waals surface area contributed by atoms with Gasteiger partial charge in [-0.2, -0.15) is 0 Å². The first-order valence-electron chi connectivity index (χ1n) is 7.00. The lowest BCUT2D eigenvalue weighted by atomic mass is 10.2. The molecule has 126 valence electrons. The summed E-state index contributed by atoms with van der Waals surface area (Å²) in [5.41, 5.74) is 1.13. The number of ether oxygens (including phenoxy) is 1. The highest BCUT2D eigenvalue weighted by molar-refractivity contribution is 9.10. The largest absolute Gasteiger partial charge is 0.447 e. The van der Waals surface area contributed by atoms with E-state index in [0.29, 0.717) is 16.0 Å². The summed E-state index contributed by atoms with van der Waals surface area (Å²) in [7, 11) is 0. The Bertz CT molecular complexity index is 754. The SMILES string of the molecule is CC(=O)Nc1ccc(NC(=O)[C@H](C)OC(=O)c2ccc(Br)o2)cc1. The van der Waals surface area contributed by atoms with Gasteiger partial charge >= 0.3 is 5.97 Å². The zero-order chi connectivity index (χ0) is 17.7. The zero-order valence-electron chi connectivity index (χ0n) is 13.0. The highest BCUT2D eigenvalue weighted by Gasteiger charge is 2.21. The number of furan rings is 1. The van der Waals surface area contributed by atoms with Gasteiger partial charge in [-0.15, -0.1) is 0 Å². The second kappa shape index (κ2) is 7.78. The van der Waals surface area contributed by atoms with E-state index in [0.717, 1.165) is 0 Å². The Morgan fingerprint density at radius 1 is 1.04 bits per heavy atom. The van der Waals surface area contributed by atoms with Gasteiger partial charge in [0.1, 0.15) is 0 Å². The molecule has 0 aliphatic carbocycles. The predicted molar refractivity (Wildman–Crippen MR) is 90.7 cm³/mol. The van der Waals surface area contributed by atoms with E-state index >= 15 is 0 Å². The molecule has 1 aromatic carbocycles. The Morgan fingerprint density at radius 3 is 2.12 bits per heavy atom. The van der Waals surface area contributed by atoms with Crippen LogP contribution in [0.2, 0.25) is 0 Å². The summed E-state index contributed by atoms with van der Waals surface area (Å²) in [6.45, 7) is 2.86. The van der Waals surface area contributed by atoms with Crippen molar-refractivity contribution in [1.29, 1.82) is 0 Å². The normalized spacial score (nSPS) is 11.5. The second-order valence-electron chi connectivity index (χ2n) is 4.90. The zero-order valence-corrected chi connectivity index (χ0v) is 14.5.